The number of aromatic nitrogens is 1. The van der Waals surface area contributed by atoms with Crippen LogP contribution >= 0.6 is 0 Å². The van der Waals surface area contributed by atoms with Crippen LogP contribution in [-0.2, 0) is 23.5 Å². The number of nitrogens with zero attached hydrogens (tertiary/aromatic N) is 2. The summed E-state index contributed by atoms with van der Waals surface area (Å²) in [7, 11) is -1.88. The van der Waals surface area contributed by atoms with Crippen molar-refractivity contribution in [3.05, 3.63) is 71.5 Å². The van der Waals surface area contributed by atoms with Crippen molar-refractivity contribution >= 4 is 21.6 Å². The molecule has 2 aromatic carbocycles. The summed E-state index contributed by atoms with van der Waals surface area (Å²) >= 11 is 0. The van der Waals surface area contributed by atoms with Crippen LogP contribution < -0.4 is 5.32 Å². The Morgan fingerprint density at radius 1 is 0.935 bits per heavy atom. The zero-order valence-electron chi connectivity index (χ0n) is 17.5. The molecule has 5 rings (SSSR count). The first kappa shape index (κ1) is 20.0. The van der Waals surface area contributed by atoms with E-state index in [9.17, 15) is 13.2 Å². The summed E-state index contributed by atoms with van der Waals surface area (Å²) < 4.78 is 29.0. The van der Waals surface area contributed by atoms with Crippen LogP contribution in [0.1, 0.15) is 40.9 Å². The Kier molecular flexibility index (Phi) is 4.95. The lowest BCUT2D eigenvalue weighted by Gasteiger charge is -2.25. The van der Waals surface area contributed by atoms with E-state index < -0.39 is 10.0 Å². The molecule has 0 unspecified atom stereocenters. The van der Waals surface area contributed by atoms with Crippen LogP contribution in [0.4, 0.5) is 5.69 Å². The lowest BCUT2D eigenvalue weighted by molar-refractivity contribution is 0.101. The number of carbonyl (C=O) groups excluding carboxylic acids is 1. The summed E-state index contributed by atoms with van der Waals surface area (Å²) in [6, 6.07) is 15.7. The highest BCUT2D eigenvalue weighted by atomic mass is 32.2. The maximum atomic E-state index is 13.0. The number of rotatable bonds is 4. The highest BCUT2D eigenvalue weighted by Gasteiger charge is 2.28. The molecule has 0 bridgehead atoms. The van der Waals surface area contributed by atoms with Crippen molar-refractivity contribution in [1.82, 2.24) is 8.87 Å². The first-order chi connectivity index (χ1) is 14.9. The average Bonchev–Trinajstić information content (AvgIpc) is 3.35. The third-order valence-corrected chi connectivity index (χ3v) is 8.08. The number of hydrogen-bond acceptors (Lipinski definition) is 3. The van der Waals surface area contributed by atoms with E-state index in [1.165, 1.54) is 38.8 Å². The molecule has 1 aromatic heterocycles. The number of amides is 1. The number of anilines is 1. The number of sulfonamides is 1. The Hall–Kier alpha value is -2.90. The standard InChI is InChI=1S/C24H25N3O3S/c1-26-16-20(31(29,30)27-11-5-2-6-12-27)15-23(26)24(28)25-19-9-10-22-18(14-19)13-17-7-3-4-8-21(17)22/h3-4,7-10,14-16H,2,5-6,11-13H2,1H3,(H,25,28). The Balaban J connectivity index is 1.37. The van der Waals surface area contributed by atoms with Crippen LogP contribution in [0.3, 0.4) is 0 Å². The van der Waals surface area contributed by atoms with Crippen LogP contribution in [0.2, 0.25) is 0 Å². The minimum Gasteiger partial charge on any atom is -0.345 e. The topological polar surface area (TPSA) is 71.4 Å². The van der Waals surface area contributed by atoms with Crippen LogP contribution in [0.5, 0.6) is 0 Å². The lowest BCUT2D eigenvalue weighted by Crippen LogP contribution is -2.35. The maximum Gasteiger partial charge on any atom is 0.272 e. The van der Waals surface area contributed by atoms with Gasteiger partial charge in [-0.2, -0.15) is 4.31 Å². The van der Waals surface area contributed by atoms with Crippen LogP contribution in [0.15, 0.2) is 59.6 Å². The predicted octanol–water partition coefficient (Wildman–Crippen LogP) is 4.02. The van der Waals surface area contributed by atoms with Gasteiger partial charge in [0.1, 0.15) is 10.6 Å². The fourth-order valence-corrected chi connectivity index (χ4v) is 6.16. The summed E-state index contributed by atoms with van der Waals surface area (Å²) in [6.45, 7) is 1.08. The number of piperidine rings is 1. The number of hydrogen-bond donors (Lipinski definition) is 1. The molecule has 1 fully saturated rings. The van der Waals surface area contributed by atoms with Gasteiger partial charge < -0.3 is 9.88 Å². The molecule has 160 valence electrons. The molecule has 2 heterocycles. The van der Waals surface area contributed by atoms with E-state index in [0.717, 1.165) is 25.7 Å². The molecule has 6 nitrogen and oxygen atoms in total. The number of nitrogens with one attached hydrogen (secondary N) is 1. The van der Waals surface area contributed by atoms with Gasteiger partial charge in [0.05, 0.1) is 0 Å². The van der Waals surface area contributed by atoms with Gasteiger partial charge in [0.15, 0.2) is 0 Å². The van der Waals surface area contributed by atoms with Gasteiger partial charge in [0.25, 0.3) is 5.91 Å². The quantitative estimate of drug-likeness (QED) is 0.526. The molecule has 1 saturated heterocycles. The molecule has 0 spiro atoms. The highest BCUT2D eigenvalue weighted by molar-refractivity contribution is 7.89. The smallest absolute Gasteiger partial charge is 0.272 e. The van der Waals surface area contributed by atoms with Gasteiger partial charge >= 0.3 is 0 Å². The molecule has 0 saturated carbocycles. The average molecular weight is 436 g/mol. The molecule has 2 aliphatic rings. The van der Waals surface area contributed by atoms with E-state index in [1.54, 1.807) is 11.6 Å². The SMILES string of the molecule is Cn1cc(S(=O)(=O)N2CCCCC2)cc1C(=O)Nc1ccc2c(c1)Cc1ccccc1-2. The summed E-state index contributed by atoms with van der Waals surface area (Å²) in [5, 5.41) is 2.93. The van der Waals surface area contributed by atoms with Crippen LogP contribution in [-0.4, -0.2) is 36.3 Å². The first-order valence-corrected chi connectivity index (χ1v) is 12.1. The first-order valence-electron chi connectivity index (χ1n) is 10.6. The Bertz CT molecular complexity index is 1270. The van der Waals surface area contributed by atoms with Gasteiger partial charge in [-0.3, -0.25) is 4.79 Å². The molecular formula is C24H25N3O3S. The second kappa shape index (κ2) is 7.66. The highest BCUT2D eigenvalue weighted by Crippen LogP contribution is 2.37. The molecule has 1 aliphatic carbocycles. The van der Waals surface area contributed by atoms with Crippen molar-refractivity contribution in [2.45, 2.75) is 30.6 Å². The number of fused-ring (bicyclic) bond motifs is 3. The van der Waals surface area contributed by atoms with E-state index in [-0.39, 0.29) is 10.8 Å². The second-order valence-electron chi connectivity index (χ2n) is 8.30. The van der Waals surface area contributed by atoms with E-state index in [2.05, 4.69) is 17.4 Å². The van der Waals surface area contributed by atoms with E-state index in [1.807, 2.05) is 30.3 Å². The van der Waals surface area contributed by atoms with Crippen LogP contribution in [0, 0.1) is 0 Å². The molecular weight excluding hydrogens is 410 g/mol. The summed E-state index contributed by atoms with van der Waals surface area (Å²) in [5.74, 6) is -0.321. The normalized spacial score (nSPS) is 16.0. The Labute approximate surface area is 182 Å². The predicted molar refractivity (Wildman–Crippen MR) is 121 cm³/mol. The Morgan fingerprint density at radius 2 is 1.68 bits per heavy atom. The van der Waals surface area contributed by atoms with Gasteiger partial charge in [-0.05, 0) is 59.7 Å². The fourth-order valence-electron chi connectivity index (χ4n) is 4.57. The molecule has 3 aromatic rings. The monoisotopic (exact) mass is 435 g/mol. The zero-order valence-corrected chi connectivity index (χ0v) is 18.3. The molecule has 31 heavy (non-hydrogen) atoms. The molecule has 1 amide bonds. The third kappa shape index (κ3) is 3.58. The van der Waals surface area contributed by atoms with Gasteiger partial charge in [-0.25, -0.2) is 8.42 Å². The summed E-state index contributed by atoms with van der Waals surface area (Å²) in [5.41, 5.74) is 5.93. The Morgan fingerprint density at radius 3 is 2.48 bits per heavy atom. The van der Waals surface area contributed by atoms with Crippen molar-refractivity contribution in [3.8, 4) is 11.1 Å². The van der Waals surface area contributed by atoms with E-state index in [4.69, 9.17) is 0 Å². The minimum absolute atomic E-state index is 0.173. The van der Waals surface area contributed by atoms with Gasteiger partial charge in [0, 0.05) is 32.0 Å². The summed E-state index contributed by atoms with van der Waals surface area (Å²) in [4.78, 5) is 13.1. The fraction of sp³-hybridized carbons (Fsp3) is 0.292. The van der Waals surface area contributed by atoms with E-state index in [0.29, 0.717) is 24.5 Å². The molecule has 0 radical (unpaired) electrons. The lowest BCUT2D eigenvalue weighted by atomic mass is 10.1. The van der Waals surface area contributed by atoms with Crippen molar-refractivity contribution < 1.29 is 13.2 Å². The molecule has 0 atom stereocenters. The number of benzene rings is 2. The van der Waals surface area contributed by atoms with Gasteiger partial charge in [-0.1, -0.05) is 36.8 Å². The van der Waals surface area contributed by atoms with Gasteiger partial charge in [-0.15, -0.1) is 0 Å². The number of carbonyl (C=O) groups is 1. The second-order valence-corrected chi connectivity index (χ2v) is 10.2. The largest absolute Gasteiger partial charge is 0.345 e. The van der Waals surface area contributed by atoms with Crippen LogP contribution in [0.25, 0.3) is 11.1 Å². The van der Waals surface area contributed by atoms with Crippen molar-refractivity contribution in [2.75, 3.05) is 18.4 Å². The summed E-state index contributed by atoms with van der Waals surface area (Å²) in [6.07, 6.45) is 5.18. The van der Waals surface area contributed by atoms with Gasteiger partial charge in [0.2, 0.25) is 10.0 Å². The third-order valence-electron chi connectivity index (χ3n) is 6.22. The maximum absolute atomic E-state index is 13.0. The number of aryl methyl sites for hydroxylation is 1. The zero-order chi connectivity index (χ0) is 21.6. The minimum atomic E-state index is -3.58. The van der Waals surface area contributed by atoms with Crippen molar-refractivity contribution in [2.24, 2.45) is 7.05 Å². The molecule has 7 heteroatoms. The van der Waals surface area contributed by atoms with Crippen molar-refractivity contribution in [1.29, 1.82) is 0 Å². The molecule has 1 aliphatic heterocycles. The van der Waals surface area contributed by atoms with E-state index >= 15 is 0 Å². The van der Waals surface area contributed by atoms with Crippen molar-refractivity contribution in [3.63, 3.8) is 0 Å². The molecule has 1 N–H and O–H groups in total.